The van der Waals surface area contributed by atoms with Gasteiger partial charge >= 0.3 is 0 Å². The van der Waals surface area contributed by atoms with E-state index in [0.29, 0.717) is 6.61 Å². The normalized spacial score (nSPS) is 25.3. The molecular formula is C19H28N2O3. The second-order valence-electron chi connectivity index (χ2n) is 7.29. The molecule has 0 bridgehead atoms. The van der Waals surface area contributed by atoms with Gasteiger partial charge < -0.3 is 14.6 Å². The topological polar surface area (TPSA) is 62.4 Å². The van der Waals surface area contributed by atoms with Crippen molar-refractivity contribution in [3.63, 3.8) is 0 Å². The van der Waals surface area contributed by atoms with Crippen molar-refractivity contribution < 1.29 is 9.53 Å². The lowest BCUT2D eigenvalue weighted by Crippen LogP contribution is -2.65. The lowest BCUT2D eigenvalue weighted by molar-refractivity contribution is -0.170. The second kappa shape index (κ2) is 6.71. The first-order valence-electron chi connectivity index (χ1n) is 9.08. The van der Waals surface area contributed by atoms with Crippen LogP contribution in [0.5, 0.6) is 0 Å². The van der Waals surface area contributed by atoms with Crippen molar-refractivity contribution in [2.75, 3.05) is 13.7 Å². The van der Waals surface area contributed by atoms with Crippen LogP contribution in [-0.4, -0.2) is 41.6 Å². The number of nitrogens with one attached hydrogen (secondary N) is 1. The lowest BCUT2D eigenvalue weighted by atomic mass is 9.54. The molecule has 3 rings (SSSR count). The summed E-state index contributed by atoms with van der Waals surface area (Å²) in [5, 5.41) is 0. The Bertz CT molecular complexity index is 661. The third-order valence-corrected chi connectivity index (χ3v) is 5.97. The van der Waals surface area contributed by atoms with E-state index < -0.39 is 0 Å². The number of aryl methyl sites for hydroxylation is 1. The van der Waals surface area contributed by atoms with E-state index in [1.54, 1.807) is 17.0 Å². The van der Waals surface area contributed by atoms with E-state index in [-0.39, 0.29) is 34.6 Å². The standard InChI is InChI=1S/C19H28N2O3/c1-4-24-16-12-15(19(16)10-6-5-7-11-19)21(3)18(23)14-9-8-13(2)20-17(14)22/h8-9,15-16H,4-7,10-12H2,1-3H3,(H,20,22)/t15-,16+/m1/s1. The van der Waals surface area contributed by atoms with Gasteiger partial charge in [0, 0.05) is 30.8 Å². The molecule has 24 heavy (non-hydrogen) atoms. The summed E-state index contributed by atoms with van der Waals surface area (Å²) in [6, 6.07) is 3.59. The molecule has 1 aromatic heterocycles. The van der Waals surface area contributed by atoms with E-state index >= 15 is 0 Å². The number of carbonyl (C=O) groups excluding carboxylic acids is 1. The number of rotatable bonds is 4. The SMILES string of the molecule is CCO[C@H]1C[C@@H](N(C)C(=O)c2ccc(C)[nH]c2=O)C12CCCCC2. The first-order chi connectivity index (χ1) is 11.5. The first kappa shape index (κ1) is 17.2. The van der Waals surface area contributed by atoms with E-state index in [1.807, 2.05) is 20.9 Å². The van der Waals surface area contributed by atoms with Gasteiger partial charge in [-0.15, -0.1) is 0 Å². The average molecular weight is 332 g/mol. The number of nitrogens with zero attached hydrogens (tertiary/aromatic N) is 1. The summed E-state index contributed by atoms with van der Waals surface area (Å²) < 4.78 is 5.97. The van der Waals surface area contributed by atoms with Crippen LogP contribution in [0.4, 0.5) is 0 Å². The maximum absolute atomic E-state index is 12.9. The number of pyridine rings is 1. The highest BCUT2D eigenvalue weighted by Gasteiger charge is 2.57. The van der Waals surface area contributed by atoms with Gasteiger partial charge in [0.15, 0.2) is 0 Å². The Morgan fingerprint density at radius 2 is 2.04 bits per heavy atom. The Morgan fingerprint density at radius 1 is 1.33 bits per heavy atom. The number of H-pyrrole nitrogens is 1. The van der Waals surface area contributed by atoms with Gasteiger partial charge in [-0.25, -0.2) is 0 Å². The van der Waals surface area contributed by atoms with Crippen molar-refractivity contribution in [3.05, 3.63) is 33.7 Å². The van der Waals surface area contributed by atoms with Crippen molar-refractivity contribution >= 4 is 5.91 Å². The first-order valence-corrected chi connectivity index (χ1v) is 9.08. The number of carbonyl (C=O) groups is 1. The molecule has 1 aromatic rings. The fourth-order valence-electron chi connectivity index (χ4n) is 4.64. The highest BCUT2D eigenvalue weighted by atomic mass is 16.5. The number of aromatic amines is 1. The zero-order valence-corrected chi connectivity index (χ0v) is 14.9. The minimum atomic E-state index is -0.301. The molecule has 2 atom stereocenters. The van der Waals surface area contributed by atoms with Crippen LogP contribution in [0.25, 0.3) is 0 Å². The van der Waals surface area contributed by atoms with E-state index in [1.165, 1.54) is 19.3 Å². The minimum absolute atomic E-state index is 0.0795. The summed E-state index contributed by atoms with van der Waals surface area (Å²) in [7, 11) is 1.84. The van der Waals surface area contributed by atoms with Crippen LogP contribution in [0.3, 0.4) is 0 Å². The second-order valence-corrected chi connectivity index (χ2v) is 7.29. The molecule has 0 saturated heterocycles. The third-order valence-electron chi connectivity index (χ3n) is 5.97. The summed E-state index contributed by atoms with van der Waals surface area (Å²) in [5.74, 6) is -0.179. The predicted octanol–water partition coefficient (Wildman–Crippen LogP) is 2.88. The van der Waals surface area contributed by atoms with E-state index in [2.05, 4.69) is 4.98 Å². The fraction of sp³-hybridized carbons (Fsp3) is 0.684. The fourth-order valence-corrected chi connectivity index (χ4v) is 4.64. The Morgan fingerprint density at radius 3 is 2.67 bits per heavy atom. The van der Waals surface area contributed by atoms with Crippen molar-refractivity contribution in [3.8, 4) is 0 Å². The number of hydrogen-bond donors (Lipinski definition) is 1. The summed E-state index contributed by atoms with van der Waals surface area (Å²) in [5.41, 5.74) is 0.776. The highest BCUT2D eigenvalue weighted by Crippen LogP contribution is 2.55. The van der Waals surface area contributed by atoms with Gasteiger partial charge in [-0.1, -0.05) is 19.3 Å². The Labute approximate surface area is 143 Å². The van der Waals surface area contributed by atoms with Gasteiger partial charge in [-0.2, -0.15) is 0 Å². The molecule has 5 nitrogen and oxygen atoms in total. The van der Waals surface area contributed by atoms with Crippen LogP contribution in [0.2, 0.25) is 0 Å². The molecule has 1 N–H and O–H groups in total. The van der Waals surface area contributed by atoms with Crippen molar-refractivity contribution in [1.29, 1.82) is 0 Å². The maximum Gasteiger partial charge on any atom is 0.260 e. The monoisotopic (exact) mass is 332 g/mol. The molecule has 132 valence electrons. The molecule has 1 amide bonds. The number of aromatic nitrogens is 1. The van der Waals surface area contributed by atoms with Crippen molar-refractivity contribution in [2.24, 2.45) is 5.41 Å². The summed E-state index contributed by atoms with van der Waals surface area (Å²) >= 11 is 0. The van der Waals surface area contributed by atoms with Gasteiger partial charge in [-0.3, -0.25) is 9.59 Å². The molecular weight excluding hydrogens is 304 g/mol. The molecule has 0 unspecified atom stereocenters. The molecule has 1 spiro atoms. The van der Waals surface area contributed by atoms with Gasteiger partial charge in [0.05, 0.1) is 6.10 Å². The van der Waals surface area contributed by atoms with E-state index in [4.69, 9.17) is 4.74 Å². The van der Waals surface area contributed by atoms with Gasteiger partial charge in [0.25, 0.3) is 11.5 Å². The van der Waals surface area contributed by atoms with Gasteiger partial charge in [0.2, 0.25) is 0 Å². The molecule has 0 aliphatic heterocycles. The molecule has 2 saturated carbocycles. The van der Waals surface area contributed by atoms with Crippen LogP contribution in [-0.2, 0) is 4.74 Å². The van der Waals surface area contributed by atoms with Crippen LogP contribution < -0.4 is 5.56 Å². The maximum atomic E-state index is 12.9. The Kier molecular flexibility index (Phi) is 4.81. The molecule has 5 heteroatoms. The molecule has 0 aromatic carbocycles. The van der Waals surface area contributed by atoms with E-state index in [9.17, 15) is 9.59 Å². The third kappa shape index (κ3) is 2.79. The van der Waals surface area contributed by atoms with Crippen LogP contribution in [0, 0.1) is 12.3 Å². The average Bonchev–Trinajstić information content (AvgIpc) is 2.58. The molecule has 0 radical (unpaired) electrons. The number of amides is 1. The van der Waals surface area contributed by atoms with Gasteiger partial charge in [-0.05, 0) is 45.2 Å². The van der Waals surface area contributed by atoms with Crippen molar-refractivity contribution in [2.45, 2.75) is 64.5 Å². The zero-order valence-electron chi connectivity index (χ0n) is 14.9. The molecule has 2 aliphatic carbocycles. The number of hydrogen-bond acceptors (Lipinski definition) is 3. The summed E-state index contributed by atoms with van der Waals surface area (Å²) in [6.45, 7) is 4.56. The quantitative estimate of drug-likeness (QED) is 0.922. The van der Waals surface area contributed by atoms with Crippen LogP contribution >= 0.6 is 0 Å². The van der Waals surface area contributed by atoms with Gasteiger partial charge in [0.1, 0.15) is 5.56 Å². The molecule has 2 fully saturated rings. The summed E-state index contributed by atoms with van der Waals surface area (Å²) in [4.78, 5) is 29.5. The zero-order chi connectivity index (χ0) is 17.3. The van der Waals surface area contributed by atoms with Crippen LogP contribution in [0.15, 0.2) is 16.9 Å². The number of ether oxygens (including phenoxy) is 1. The smallest absolute Gasteiger partial charge is 0.260 e. The van der Waals surface area contributed by atoms with Crippen LogP contribution in [0.1, 0.15) is 61.5 Å². The van der Waals surface area contributed by atoms with Crippen molar-refractivity contribution in [1.82, 2.24) is 9.88 Å². The Balaban J connectivity index is 1.82. The van der Waals surface area contributed by atoms with E-state index in [0.717, 1.165) is 25.0 Å². The molecule has 1 heterocycles. The lowest BCUT2D eigenvalue weighted by Gasteiger charge is -2.60. The largest absolute Gasteiger partial charge is 0.378 e. The minimum Gasteiger partial charge on any atom is -0.378 e. The predicted molar refractivity (Wildman–Crippen MR) is 93.2 cm³/mol. The Hall–Kier alpha value is -1.62. The highest BCUT2D eigenvalue weighted by molar-refractivity contribution is 5.94. The molecule has 2 aliphatic rings. The summed E-state index contributed by atoms with van der Waals surface area (Å²) in [6.07, 6.45) is 7.02.